The number of H-pyrrole nitrogens is 1. The van der Waals surface area contributed by atoms with Crippen LogP contribution >= 0.6 is 0 Å². The fourth-order valence-corrected chi connectivity index (χ4v) is 5.42. The topological polar surface area (TPSA) is 72.5 Å². The molecule has 2 saturated heterocycles. The molecule has 2 N–H and O–H groups in total. The Labute approximate surface area is 213 Å². The van der Waals surface area contributed by atoms with Crippen LogP contribution in [-0.4, -0.2) is 69.6 Å². The highest BCUT2D eigenvalue weighted by molar-refractivity contribution is 5.91. The fourth-order valence-electron chi connectivity index (χ4n) is 5.42. The molecule has 1 amide bonds. The van der Waals surface area contributed by atoms with Gasteiger partial charge in [-0.05, 0) is 80.6 Å². The molecule has 2 aromatic carbocycles. The maximum Gasteiger partial charge on any atom is 0.246 e. The van der Waals surface area contributed by atoms with Gasteiger partial charge in [0.25, 0.3) is 0 Å². The van der Waals surface area contributed by atoms with Crippen molar-refractivity contribution in [2.45, 2.75) is 37.7 Å². The van der Waals surface area contributed by atoms with Crippen LogP contribution in [0.2, 0.25) is 0 Å². The van der Waals surface area contributed by atoms with Crippen molar-refractivity contribution in [3.05, 3.63) is 71.3 Å². The molecule has 1 unspecified atom stereocenters. The SMILES string of the molecule is O=C(C=Cc1cc(F)c(F)c(F)c1)N1CCC(C(O)CN2CCC(c3nc4ccccc4[nH]3)CC2)CC1. The van der Waals surface area contributed by atoms with Crippen molar-refractivity contribution in [1.82, 2.24) is 19.8 Å². The molecule has 0 spiro atoms. The van der Waals surface area contributed by atoms with Gasteiger partial charge < -0.3 is 19.9 Å². The summed E-state index contributed by atoms with van der Waals surface area (Å²) in [5.74, 6) is -2.83. The molecular weight excluding hydrogens is 481 g/mol. The van der Waals surface area contributed by atoms with Crippen LogP contribution in [0.5, 0.6) is 0 Å². The van der Waals surface area contributed by atoms with Crippen molar-refractivity contribution in [1.29, 1.82) is 0 Å². The highest BCUT2D eigenvalue weighted by Crippen LogP contribution is 2.29. The minimum absolute atomic E-state index is 0.0825. The van der Waals surface area contributed by atoms with Crippen LogP contribution in [0, 0.1) is 23.4 Å². The number of carbonyl (C=O) groups excluding carboxylic acids is 1. The summed E-state index contributed by atoms with van der Waals surface area (Å²) in [6, 6.07) is 9.76. The predicted octanol–water partition coefficient (Wildman–Crippen LogP) is 4.47. The number of aromatic nitrogens is 2. The minimum Gasteiger partial charge on any atom is -0.392 e. The molecule has 2 aliphatic heterocycles. The lowest BCUT2D eigenvalue weighted by Crippen LogP contribution is -2.45. The average molecular weight is 513 g/mol. The number of amides is 1. The summed E-state index contributed by atoms with van der Waals surface area (Å²) in [4.78, 5) is 24.7. The highest BCUT2D eigenvalue weighted by Gasteiger charge is 2.30. The van der Waals surface area contributed by atoms with E-state index >= 15 is 0 Å². The van der Waals surface area contributed by atoms with Crippen molar-refractivity contribution >= 4 is 23.0 Å². The van der Waals surface area contributed by atoms with E-state index in [-0.39, 0.29) is 17.4 Å². The molecule has 0 bridgehead atoms. The number of rotatable bonds is 6. The Bertz CT molecular complexity index is 1220. The molecule has 3 heterocycles. The summed E-state index contributed by atoms with van der Waals surface area (Å²) < 4.78 is 39.8. The Morgan fingerprint density at radius 3 is 2.41 bits per heavy atom. The highest BCUT2D eigenvalue weighted by atomic mass is 19.2. The van der Waals surface area contributed by atoms with Crippen molar-refractivity contribution in [2.24, 2.45) is 5.92 Å². The number of imidazole rings is 1. The van der Waals surface area contributed by atoms with Gasteiger partial charge in [0.05, 0.1) is 17.1 Å². The number of aliphatic hydroxyl groups excluding tert-OH is 1. The Morgan fingerprint density at radius 1 is 1.05 bits per heavy atom. The van der Waals surface area contributed by atoms with Crippen LogP contribution in [0.25, 0.3) is 17.1 Å². The number of benzene rings is 2. The quantitative estimate of drug-likeness (QED) is 0.378. The van der Waals surface area contributed by atoms with E-state index < -0.39 is 23.6 Å². The third-order valence-corrected chi connectivity index (χ3v) is 7.65. The van der Waals surface area contributed by atoms with Crippen LogP contribution < -0.4 is 0 Å². The van der Waals surface area contributed by atoms with Crippen LogP contribution in [-0.2, 0) is 4.79 Å². The second-order valence-electron chi connectivity index (χ2n) is 10.1. The molecule has 0 radical (unpaired) electrons. The zero-order valence-corrected chi connectivity index (χ0v) is 20.5. The number of likely N-dealkylation sites (tertiary alicyclic amines) is 2. The first-order chi connectivity index (χ1) is 17.9. The van der Waals surface area contributed by atoms with Gasteiger partial charge in [-0.2, -0.15) is 0 Å². The molecule has 1 atom stereocenters. The van der Waals surface area contributed by atoms with Crippen LogP contribution in [0.4, 0.5) is 13.2 Å². The molecule has 2 fully saturated rings. The summed E-state index contributed by atoms with van der Waals surface area (Å²) in [6.45, 7) is 3.44. The van der Waals surface area contributed by atoms with Crippen molar-refractivity contribution in [3.63, 3.8) is 0 Å². The van der Waals surface area contributed by atoms with Gasteiger partial charge in [-0.1, -0.05) is 12.1 Å². The maximum absolute atomic E-state index is 13.4. The predicted molar refractivity (Wildman–Crippen MR) is 135 cm³/mol. The van der Waals surface area contributed by atoms with E-state index in [2.05, 4.69) is 9.88 Å². The zero-order chi connectivity index (χ0) is 25.9. The summed E-state index contributed by atoms with van der Waals surface area (Å²) in [7, 11) is 0. The largest absolute Gasteiger partial charge is 0.392 e. The smallest absolute Gasteiger partial charge is 0.246 e. The van der Waals surface area contributed by atoms with Gasteiger partial charge in [0.15, 0.2) is 17.5 Å². The molecule has 0 saturated carbocycles. The number of piperidine rings is 2. The number of aliphatic hydroxyl groups is 1. The molecule has 3 aromatic rings. The second kappa shape index (κ2) is 11.1. The summed E-state index contributed by atoms with van der Waals surface area (Å²) in [6.07, 6.45) is 5.44. The first kappa shape index (κ1) is 25.5. The van der Waals surface area contributed by atoms with E-state index in [1.54, 1.807) is 4.90 Å². The Kier molecular flexibility index (Phi) is 7.62. The standard InChI is InChI=1S/C28H31F3N4O2/c29-21-15-18(16-22(30)27(21)31)5-6-26(37)35-13-9-19(10-14-35)25(36)17-34-11-7-20(8-12-34)28-32-23-3-1-2-4-24(23)33-28/h1-6,15-16,19-20,25,36H,7-14,17H2,(H,32,33). The third-order valence-electron chi connectivity index (χ3n) is 7.65. The molecule has 37 heavy (non-hydrogen) atoms. The molecular formula is C28H31F3N4O2. The van der Waals surface area contributed by atoms with E-state index in [4.69, 9.17) is 4.98 Å². The number of halogens is 3. The summed E-state index contributed by atoms with van der Waals surface area (Å²) in [5.41, 5.74) is 2.14. The molecule has 1 aromatic heterocycles. The minimum atomic E-state index is -1.53. The Hall–Kier alpha value is -3.17. The third kappa shape index (κ3) is 5.88. The Morgan fingerprint density at radius 2 is 1.73 bits per heavy atom. The molecule has 0 aliphatic carbocycles. The number of nitrogens with zero attached hydrogens (tertiary/aromatic N) is 3. The van der Waals surface area contributed by atoms with Gasteiger partial charge in [0, 0.05) is 31.6 Å². The fraction of sp³-hybridized carbons (Fsp3) is 0.429. The number of fused-ring (bicyclic) bond motifs is 1. The lowest BCUT2D eigenvalue weighted by molar-refractivity contribution is -0.128. The normalized spacial score (nSPS) is 19.2. The number of hydrogen-bond acceptors (Lipinski definition) is 4. The molecule has 9 heteroatoms. The van der Waals surface area contributed by atoms with E-state index in [0.717, 1.165) is 54.9 Å². The van der Waals surface area contributed by atoms with Crippen LogP contribution in [0.15, 0.2) is 42.5 Å². The van der Waals surface area contributed by atoms with E-state index in [0.29, 0.717) is 38.4 Å². The first-order valence-electron chi connectivity index (χ1n) is 12.8. The number of para-hydroxylation sites is 2. The average Bonchev–Trinajstić information content (AvgIpc) is 3.35. The molecule has 196 valence electrons. The van der Waals surface area contributed by atoms with Crippen molar-refractivity contribution in [2.75, 3.05) is 32.7 Å². The van der Waals surface area contributed by atoms with Gasteiger partial charge in [-0.15, -0.1) is 0 Å². The first-order valence-corrected chi connectivity index (χ1v) is 12.8. The maximum atomic E-state index is 13.4. The second-order valence-corrected chi connectivity index (χ2v) is 10.1. The number of carbonyl (C=O) groups is 1. The van der Waals surface area contributed by atoms with Crippen LogP contribution in [0.3, 0.4) is 0 Å². The number of hydrogen-bond donors (Lipinski definition) is 2. The molecule has 6 nitrogen and oxygen atoms in total. The lowest BCUT2D eigenvalue weighted by Gasteiger charge is -2.37. The van der Waals surface area contributed by atoms with Crippen LogP contribution in [0.1, 0.15) is 43.0 Å². The van der Waals surface area contributed by atoms with Crippen molar-refractivity contribution < 1.29 is 23.1 Å². The summed E-state index contributed by atoms with van der Waals surface area (Å²) in [5, 5.41) is 10.9. The van der Waals surface area contributed by atoms with Crippen molar-refractivity contribution in [3.8, 4) is 0 Å². The Balaban J connectivity index is 1.06. The van der Waals surface area contributed by atoms with Gasteiger partial charge in [-0.3, -0.25) is 4.79 Å². The molecule has 2 aliphatic rings. The molecule has 5 rings (SSSR count). The van der Waals surface area contributed by atoms with Gasteiger partial charge >= 0.3 is 0 Å². The van der Waals surface area contributed by atoms with E-state index in [1.807, 2.05) is 24.3 Å². The lowest BCUT2D eigenvalue weighted by atomic mass is 9.89. The van der Waals surface area contributed by atoms with Gasteiger partial charge in [-0.25, -0.2) is 18.2 Å². The zero-order valence-electron chi connectivity index (χ0n) is 20.5. The number of nitrogens with one attached hydrogen (secondary N) is 1. The summed E-state index contributed by atoms with van der Waals surface area (Å²) >= 11 is 0. The van der Waals surface area contributed by atoms with E-state index in [9.17, 15) is 23.1 Å². The van der Waals surface area contributed by atoms with E-state index in [1.165, 1.54) is 12.2 Å². The monoisotopic (exact) mass is 512 g/mol. The van der Waals surface area contributed by atoms with Gasteiger partial charge in [0.2, 0.25) is 5.91 Å². The number of aromatic amines is 1. The van der Waals surface area contributed by atoms with Gasteiger partial charge in [0.1, 0.15) is 5.82 Å². The number of β-amino-alcohol motifs (C(OH)–C–C–N with tert-alkyl or cyclic N) is 1.